The van der Waals surface area contributed by atoms with Gasteiger partial charge in [-0.1, -0.05) is 0 Å². The Labute approximate surface area is 111 Å². The van der Waals surface area contributed by atoms with Gasteiger partial charge in [-0.3, -0.25) is 5.41 Å². The third-order valence-electron chi connectivity index (χ3n) is 3.68. The molecular weight excluding hydrogens is 275 g/mol. The summed E-state index contributed by atoms with van der Waals surface area (Å²) in [5.41, 5.74) is -0.945. The van der Waals surface area contributed by atoms with Crippen LogP contribution in [-0.4, -0.2) is 41.7 Å². The highest BCUT2D eigenvalue weighted by Crippen LogP contribution is 2.39. The molecule has 0 spiro atoms. The van der Waals surface area contributed by atoms with Crippen LogP contribution in [0.5, 0.6) is 0 Å². The molecule has 0 radical (unpaired) electrons. The molecule has 18 heavy (non-hydrogen) atoms. The molecule has 0 aliphatic carbocycles. The number of thioether (sulfide) groups is 1. The van der Waals surface area contributed by atoms with E-state index in [2.05, 4.69) is 5.32 Å². The van der Waals surface area contributed by atoms with Gasteiger partial charge < -0.3 is 5.32 Å². The molecule has 2 unspecified atom stereocenters. The number of halogens is 1. The molecule has 2 rings (SSSR count). The van der Waals surface area contributed by atoms with E-state index in [0.29, 0.717) is 0 Å². The lowest BCUT2D eigenvalue weighted by molar-refractivity contribution is 0.303. The van der Waals surface area contributed by atoms with Crippen LogP contribution in [-0.2, 0) is 9.84 Å². The first-order valence-corrected chi connectivity index (χ1v) is 8.25. The molecule has 2 heterocycles. The number of sulfone groups is 1. The molecule has 2 aliphatic heterocycles. The topological polar surface area (TPSA) is 70.0 Å². The van der Waals surface area contributed by atoms with Gasteiger partial charge in [0.15, 0.2) is 9.84 Å². The van der Waals surface area contributed by atoms with Crippen molar-refractivity contribution in [2.24, 2.45) is 0 Å². The van der Waals surface area contributed by atoms with Gasteiger partial charge in [0.05, 0.1) is 16.5 Å². The molecule has 0 saturated carbocycles. The maximum Gasteiger partial charge on any atom is 0.164 e. The zero-order valence-electron chi connectivity index (χ0n) is 10.5. The molecule has 1 saturated heterocycles. The lowest BCUT2D eigenvalue weighted by Gasteiger charge is -2.46. The van der Waals surface area contributed by atoms with Gasteiger partial charge in [-0.25, -0.2) is 12.8 Å². The Morgan fingerprint density at radius 3 is 2.56 bits per heavy atom. The second-order valence-corrected chi connectivity index (χ2v) is 9.11. The fourth-order valence-corrected chi connectivity index (χ4v) is 5.20. The van der Waals surface area contributed by atoms with Crippen molar-refractivity contribution in [2.45, 2.75) is 42.5 Å². The van der Waals surface area contributed by atoms with Crippen molar-refractivity contribution in [1.82, 2.24) is 5.32 Å². The second-order valence-electron chi connectivity index (χ2n) is 5.52. The normalized spacial score (nSPS) is 41.7. The molecule has 2 aliphatic rings. The smallest absolute Gasteiger partial charge is 0.164 e. The number of hydrogen-bond donors (Lipinski definition) is 2. The molecule has 4 nitrogen and oxygen atoms in total. The van der Waals surface area contributed by atoms with E-state index in [9.17, 15) is 12.8 Å². The van der Waals surface area contributed by atoms with Crippen LogP contribution in [0.4, 0.5) is 4.39 Å². The molecule has 102 valence electrons. The van der Waals surface area contributed by atoms with Gasteiger partial charge in [0.25, 0.3) is 0 Å². The Morgan fingerprint density at radius 2 is 2.11 bits per heavy atom. The quantitative estimate of drug-likeness (QED) is 0.768. The summed E-state index contributed by atoms with van der Waals surface area (Å²) in [6.45, 7) is 4.68. The largest absolute Gasteiger partial charge is 0.365 e. The van der Waals surface area contributed by atoms with Crippen LogP contribution >= 0.6 is 11.8 Å². The predicted molar refractivity (Wildman–Crippen MR) is 72.5 cm³/mol. The molecule has 0 aromatic rings. The van der Waals surface area contributed by atoms with Crippen molar-refractivity contribution in [3.63, 3.8) is 0 Å². The average Bonchev–Trinajstić information content (AvgIpc) is 2.61. The fraction of sp³-hybridized carbons (Fsp3) is 0.727. The Kier molecular flexibility index (Phi) is 3.05. The first-order valence-electron chi connectivity index (χ1n) is 5.66. The van der Waals surface area contributed by atoms with Crippen molar-refractivity contribution < 1.29 is 12.8 Å². The number of nitrogens with one attached hydrogen (secondary N) is 2. The van der Waals surface area contributed by atoms with Gasteiger partial charge in [0.1, 0.15) is 16.8 Å². The van der Waals surface area contributed by atoms with Crippen molar-refractivity contribution >= 4 is 27.4 Å². The van der Waals surface area contributed by atoms with Crippen LogP contribution in [0.15, 0.2) is 11.5 Å². The fourth-order valence-electron chi connectivity index (χ4n) is 2.24. The third-order valence-corrected chi connectivity index (χ3v) is 7.81. The summed E-state index contributed by atoms with van der Waals surface area (Å²) in [7, 11) is -3.47. The number of alkyl halides is 1. The van der Waals surface area contributed by atoms with Gasteiger partial charge in [0, 0.05) is 0 Å². The standard InChI is InChI=1S/C11H17FN2O2S2/c1-10(2)9(13)14-11(3,6-18(10,15)16)8-7(12)4-5-17-8/h4-5,7-8H,6H2,1-3H3,(H2,13,14)/t7?,8?,11-/m0/s1. The summed E-state index contributed by atoms with van der Waals surface area (Å²) >= 11 is 1.28. The summed E-state index contributed by atoms with van der Waals surface area (Å²) in [4.78, 5) is 0. The summed E-state index contributed by atoms with van der Waals surface area (Å²) < 4.78 is 37.1. The van der Waals surface area contributed by atoms with Crippen LogP contribution in [0.2, 0.25) is 0 Å². The molecular formula is C11H17FN2O2S2. The Hall–Kier alpha value is -0.560. The summed E-state index contributed by atoms with van der Waals surface area (Å²) in [5, 5.41) is 11.9. The SMILES string of the molecule is CC1(C)C(=N)N[C@](C)(C2SC=CC2F)CS1(=O)=O. The molecule has 0 aromatic carbocycles. The van der Waals surface area contributed by atoms with E-state index in [1.165, 1.54) is 31.7 Å². The minimum atomic E-state index is -3.47. The van der Waals surface area contributed by atoms with Crippen molar-refractivity contribution in [3.05, 3.63) is 11.5 Å². The lowest BCUT2D eigenvalue weighted by atomic mass is 9.94. The van der Waals surface area contributed by atoms with E-state index in [1.54, 1.807) is 12.3 Å². The van der Waals surface area contributed by atoms with Gasteiger partial charge in [-0.15, -0.1) is 11.8 Å². The van der Waals surface area contributed by atoms with Gasteiger partial charge in [0.2, 0.25) is 0 Å². The van der Waals surface area contributed by atoms with E-state index in [-0.39, 0.29) is 11.6 Å². The number of allylic oxidation sites excluding steroid dienone is 1. The van der Waals surface area contributed by atoms with Crippen molar-refractivity contribution in [1.29, 1.82) is 5.41 Å². The zero-order chi connectivity index (χ0) is 13.8. The van der Waals surface area contributed by atoms with E-state index < -0.39 is 31.5 Å². The van der Waals surface area contributed by atoms with Crippen LogP contribution in [0.1, 0.15) is 20.8 Å². The molecule has 2 N–H and O–H groups in total. The highest BCUT2D eigenvalue weighted by atomic mass is 32.2. The van der Waals surface area contributed by atoms with E-state index in [1.807, 2.05) is 0 Å². The highest BCUT2D eigenvalue weighted by molar-refractivity contribution is 8.03. The second kappa shape index (κ2) is 3.96. The molecule has 1 fully saturated rings. The van der Waals surface area contributed by atoms with Gasteiger partial charge in [-0.2, -0.15) is 0 Å². The molecule has 0 aromatic heterocycles. The first-order chi connectivity index (χ1) is 8.10. The van der Waals surface area contributed by atoms with E-state index >= 15 is 0 Å². The Balaban J connectivity index is 2.36. The summed E-state index contributed by atoms with van der Waals surface area (Å²) in [6, 6.07) is 0. The molecule has 0 amide bonds. The predicted octanol–water partition coefficient (Wildman–Crippen LogP) is 1.49. The van der Waals surface area contributed by atoms with Crippen LogP contribution in [0.3, 0.4) is 0 Å². The van der Waals surface area contributed by atoms with Crippen molar-refractivity contribution in [3.8, 4) is 0 Å². The van der Waals surface area contributed by atoms with Crippen LogP contribution in [0.25, 0.3) is 0 Å². The lowest BCUT2D eigenvalue weighted by Crippen LogP contribution is -2.69. The highest BCUT2D eigenvalue weighted by Gasteiger charge is 2.54. The van der Waals surface area contributed by atoms with Crippen molar-refractivity contribution in [2.75, 3.05) is 5.75 Å². The van der Waals surface area contributed by atoms with E-state index in [4.69, 9.17) is 5.41 Å². The third kappa shape index (κ3) is 1.87. The monoisotopic (exact) mass is 292 g/mol. The van der Waals surface area contributed by atoms with Crippen LogP contribution in [0, 0.1) is 5.41 Å². The number of rotatable bonds is 1. The van der Waals surface area contributed by atoms with Gasteiger partial charge >= 0.3 is 0 Å². The minimum absolute atomic E-state index is 0.0593. The molecule has 3 atom stereocenters. The maximum atomic E-state index is 13.8. The zero-order valence-corrected chi connectivity index (χ0v) is 12.2. The number of amidine groups is 1. The Bertz CT molecular complexity index is 515. The van der Waals surface area contributed by atoms with E-state index in [0.717, 1.165) is 0 Å². The minimum Gasteiger partial charge on any atom is -0.365 e. The Morgan fingerprint density at radius 1 is 1.50 bits per heavy atom. The molecule has 7 heteroatoms. The first kappa shape index (κ1) is 13.9. The van der Waals surface area contributed by atoms with Gasteiger partial charge in [-0.05, 0) is 32.3 Å². The maximum absolute atomic E-state index is 13.8. The number of hydrogen-bond acceptors (Lipinski definition) is 4. The molecule has 0 bridgehead atoms. The van der Waals surface area contributed by atoms with Crippen LogP contribution < -0.4 is 5.32 Å². The summed E-state index contributed by atoms with van der Waals surface area (Å²) in [6.07, 6.45) is 0.245. The average molecular weight is 292 g/mol. The summed E-state index contributed by atoms with van der Waals surface area (Å²) in [5.74, 6) is -0.217.